The molecule has 1 aromatic carbocycles. The lowest BCUT2D eigenvalue weighted by molar-refractivity contribution is -0.138. The van der Waals surface area contributed by atoms with Crippen LogP contribution < -0.4 is 10.4 Å². The van der Waals surface area contributed by atoms with Crippen LogP contribution in [-0.2, 0) is 6.42 Å². The second kappa shape index (κ2) is 9.03. The molecule has 186 valence electrons. The van der Waals surface area contributed by atoms with E-state index >= 15 is 0 Å². The van der Waals surface area contributed by atoms with Crippen LogP contribution in [0, 0.1) is 0 Å². The van der Waals surface area contributed by atoms with Crippen molar-refractivity contribution in [3.05, 3.63) is 46.8 Å². The molecule has 0 radical (unpaired) electrons. The number of aromatic amines is 1. The number of aryl methyl sites for hydroxylation is 1. The quantitative estimate of drug-likeness (QED) is 0.440. The number of methoxy groups -OCH3 is 1. The van der Waals surface area contributed by atoms with Gasteiger partial charge in [-0.2, -0.15) is 18.3 Å². The number of rotatable bonds is 6. The summed E-state index contributed by atoms with van der Waals surface area (Å²) >= 11 is 0. The highest BCUT2D eigenvalue weighted by Gasteiger charge is 2.30. The van der Waals surface area contributed by atoms with E-state index in [0.717, 1.165) is 41.5 Å². The molecule has 1 saturated heterocycles. The molecule has 11 heteroatoms. The van der Waals surface area contributed by atoms with Crippen molar-refractivity contribution in [2.45, 2.75) is 44.8 Å². The van der Waals surface area contributed by atoms with E-state index in [9.17, 15) is 18.0 Å². The number of fused-ring (bicyclic) bond motifs is 2. The number of piperidine rings is 1. The van der Waals surface area contributed by atoms with Crippen LogP contribution in [0.4, 0.5) is 13.2 Å². The maximum atomic E-state index is 13.0. The monoisotopic (exact) mass is 488 g/mol. The molecule has 1 atom stereocenters. The molecule has 0 bridgehead atoms. The molecule has 0 amide bonds. The summed E-state index contributed by atoms with van der Waals surface area (Å²) in [5.41, 5.74) is 4.69. The third kappa shape index (κ3) is 4.52. The van der Waals surface area contributed by atoms with E-state index < -0.39 is 12.6 Å². The fraction of sp³-hybridized carbons (Fsp3) is 0.458. The van der Waals surface area contributed by atoms with Gasteiger partial charge in [-0.15, -0.1) is 0 Å². The summed E-state index contributed by atoms with van der Waals surface area (Å²) in [7, 11) is 1.58. The first-order valence-corrected chi connectivity index (χ1v) is 11.7. The Labute approximate surface area is 199 Å². The molecule has 0 aliphatic carbocycles. The number of halogens is 3. The minimum absolute atomic E-state index is 0.0476. The van der Waals surface area contributed by atoms with E-state index in [-0.39, 0.29) is 18.3 Å². The highest BCUT2D eigenvalue weighted by Crippen LogP contribution is 2.33. The van der Waals surface area contributed by atoms with Crippen molar-refractivity contribution in [2.24, 2.45) is 0 Å². The van der Waals surface area contributed by atoms with Crippen LogP contribution in [0.3, 0.4) is 0 Å². The van der Waals surface area contributed by atoms with E-state index in [0.29, 0.717) is 30.0 Å². The van der Waals surface area contributed by atoms with Crippen LogP contribution in [0.15, 0.2) is 35.5 Å². The van der Waals surface area contributed by atoms with Gasteiger partial charge in [-0.1, -0.05) is 6.92 Å². The summed E-state index contributed by atoms with van der Waals surface area (Å²) < 4.78 is 47.1. The number of hydrogen-bond acceptors (Lipinski definition) is 5. The number of pyridine rings is 1. The molecule has 5 rings (SSSR count). The molecule has 4 aromatic rings. The second-order valence-electron chi connectivity index (χ2n) is 8.97. The molecule has 0 saturated carbocycles. The SMILES string of the molecule is CCc1cc2c(cc1-c1cc(OC)c3ncnn3c1)[nH]c(=O)n2[C@@H]1CCCN(CCC(F)(F)F)C1. The van der Waals surface area contributed by atoms with Gasteiger partial charge < -0.3 is 14.6 Å². The maximum Gasteiger partial charge on any atom is 0.390 e. The van der Waals surface area contributed by atoms with Gasteiger partial charge >= 0.3 is 11.9 Å². The van der Waals surface area contributed by atoms with Crippen molar-refractivity contribution in [1.29, 1.82) is 0 Å². The molecule has 0 unspecified atom stereocenters. The molecule has 35 heavy (non-hydrogen) atoms. The Morgan fingerprint density at radius 3 is 2.83 bits per heavy atom. The molecule has 4 heterocycles. The largest absolute Gasteiger partial charge is 0.493 e. The molecule has 1 aliphatic heterocycles. The first-order chi connectivity index (χ1) is 16.8. The Morgan fingerprint density at radius 1 is 1.26 bits per heavy atom. The normalized spacial score (nSPS) is 17.5. The number of aromatic nitrogens is 5. The Bertz CT molecular complexity index is 1420. The minimum Gasteiger partial charge on any atom is -0.493 e. The van der Waals surface area contributed by atoms with Gasteiger partial charge in [0.15, 0.2) is 11.4 Å². The van der Waals surface area contributed by atoms with Crippen molar-refractivity contribution >= 4 is 16.7 Å². The summed E-state index contributed by atoms with van der Waals surface area (Å²) in [5, 5.41) is 4.24. The van der Waals surface area contributed by atoms with E-state index in [4.69, 9.17) is 4.74 Å². The third-order valence-electron chi connectivity index (χ3n) is 6.75. The van der Waals surface area contributed by atoms with E-state index in [1.54, 1.807) is 16.2 Å². The van der Waals surface area contributed by atoms with Crippen molar-refractivity contribution in [3.8, 4) is 16.9 Å². The van der Waals surface area contributed by atoms with Gasteiger partial charge in [-0.25, -0.2) is 14.3 Å². The number of nitrogens with one attached hydrogen (secondary N) is 1. The minimum atomic E-state index is -4.19. The molecule has 0 spiro atoms. The fourth-order valence-corrected chi connectivity index (χ4v) is 5.06. The van der Waals surface area contributed by atoms with Crippen LogP contribution in [0.25, 0.3) is 27.8 Å². The van der Waals surface area contributed by atoms with Gasteiger partial charge in [0.1, 0.15) is 6.33 Å². The predicted octanol–water partition coefficient (Wildman–Crippen LogP) is 4.20. The van der Waals surface area contributed by atoms with E-state index in [1.165, 1.54) is 6.33 Å². The first-order valence-electron chi connectivity index (χ1n) is 11.7. The lowest BCUT2D eigenvalue weighted by Crippen LogP contribution is -2.40. The number of hydrogen-bond donors (Lipinski definition) is 1. The molecule has 1 aliphatic rings. The van der Waals surface area contributed by atoms with E-state index in [1.807, 2.05) is 36.2 Å². The second-order valence-corrected chi connectivity index (χ2v) is 8.97. The van der Waals surface area contributed by atoms with Gasteiger partial charge in [-0.05, 0) is 55.1 Å². The average molecular weight is 489 g/mol. The van der Waals surface area contributed by atoms with Gasteiger partial charge in [0.05, 0.1) is 30.6 Å². The lowest BCUT2D eigenvalue weighted by atomic mass is 9.97. The third-order valence-corrected chi connectivity index (χ3v) is 6.75. The summed E-state index contributed by atoms with van der Waals surface area (Å²) in [6.45, 7) is 3.03. The smallest absolute Gasteiger partial charge is 0.390 e. The standard InChI is InChI=1S/C24H27F3N6O2/c1-3-15-9-20-19(11-18(15)16-10-21(35-2)22-28-14-29-32(22)12-16)30-23(34)33(20)17-5-4-7-31(13-17)8-6-24(25,26)27/h9-12,14,17H,3-8,13H2,1-2H3,(H,30,34)/t17-/m1/s1. The van der Waals surface area contributed by atoms with Crippen molar-refractivity contribution in [3.63, 3.8) is 0 Å². The zero-order valence-electron chi connectivity index (χ0n) is 19.6. The van der Waals surface area contributed by atoms with Crippen LogP contribution in [-0.4, -0.2) is 62.0 Å². The van der Waals surface area contributed by atoms with E-state index in [2.05, 4.69) is 15.1 Å². The van der Waals surface area contributed by atoms with Gasteiger partial charge in [-0.3, -0.25) is 4.57 Å². The Kier molecular flexibility index (Phi) is 6.04. The number of imidazole rings is 1. The fourth-order valence-electron chi connectivity index (χ4n) is 5.06. The molecule has 3 aromatic heterocycles. The Balaban J connectivity index is 1.53. The molecule has 1 N–H and O–H groups in total. The van der Waals surface area contributed by atoms with Crippen LogP contribution in [0.2, 0.25) is 0 Å². The number of H-pyrrole nitrogens is 1. The number of likely N-dealkylation sites (tertiary alicyclic amines) is 1. The summed E-state index contributed by atoms with van der Waals surface area (Å²) in [6, 6.07) is 5.68. The van der Waals surface area contributed by atoms with Crippen molar-refractivity contribution in [1.82, 2.24) is 29.0 Å². The number of ether oxygens (including phenoxy) is 1. The number of alkyl halides is 3. The van der Waals surface area contributed by atoms with Crippen LogP contribution >= 0.6 is 0 Å². The zero-order valence-corrected chi connectivity index (χ0v) is 19.6. The first kappa shape index (κ1) is 23.4. The maximum absolute atomic E-state index is 13.0. The van der Waals surface area contributed by atoms with Crippen molar-refractivity contribution in [2.75, 3.05) is 26.7 Å². The Hall–Kier alpha value is -3.34. The molecular formula is C24H27F3N6O2. The zero-order chi connectivity index (χ0) is 24.7. The summed E-state index contributed by atoms with van der Waals surface area (Å²) in [4.78, 5) is 22.0. The van der Waals surface area contributed by atoms with Crippen LogP contribution in [0.5, 0.6) is 5.75 Å². The average Bonchev–Trinajstić information content (AvgIpc) is 3.44. The van der Waals surface area contributed by atoms with Gasteiger partial charge in [0.25, 0.3) is 0 Å². The number of benzene rings is 1. The van der Waals surface area contributed by atoms with Gasteiger partial charge in [0.2, 0.25) is 0 Å². The molecule has 1 fully saturated rings. The topological polar surface area (TPSA) is 80.5 Å². The van der Waals surface area contributed by atoms with Gasteiger partial charge in [0, 0.05) is 24.8 Å². The highest BCUT2D eigenvalue weighted by molar-refractivity contribution is 5.85. The Morgan fingerprint density at radius 2 is 2.09 bits per heavy atom. The molecular weight excluding hydrogens is 461 g/mol. The summed E-state index contributed by atoms with van der Waals surface area (Å²) in [5.74, 6) is 0.592. The summed E-state index contributed by atoms with van der Waals surface area (Å²) in [6.07, 6.45) is 0.535. The predicted molar refractivity (Wildman–Crippen MR) is 126 cm³/mol. The number of nitrogens with zero attached hydrogens (tertiary/aromatic N) is 5. The van der Waals surface area contributed by atoms with Crippen LogP contribution in [0.1, 0.15) is 37.8 Å². The lowest BCUT2D eigenvalue weighted by Gasteiger charge is -2.33. The highest BCUT2D eigenvalue weighted by atomic mass is 19.4. The molecule has 8 nitrogen and oxygen atoms in total. The van der Waals surface area contributed by atoms with Crippen molar-refractivity contribution < 1.29 is 17.9 Å².